The van der Waals surface area contributed by atoms with E-state index in [2.05, 4.69) is 0 Å². The second kappa shape index (κ2) is 9.28. The molecule has 0 heterocycles. The monoisotopic (exact) mass is 478 g/mol. The summed E-state index contributed by atoms with van der Waals surface area (Å²) in [5.74, 6) is -1.27. The highest BCUT2D eigenvalue weighted by molar-refractivity contribution is 5.83. The molecule has 2 aliphatic rings. The number of rotatable bonds is 8. The van der Waals surface area contributed by atoms with Gasteiger partial charge in [0.2, 0.25) is 0 Å². The zero-order chi connectivity index (χ0) is 29.6. The van der Waals surface area contributed by atoms with Crippen LogP contribution in [0.15, 0.2) is 12.2 Å². The van der Waals surface area contributed by atoms with E-state index in [4.69, 9.17) is 8.22 Å². The molecule has 0 spiro atoms. The van der Waals surface area contributed by atoms with E-state index in [9.17, 15) is 41.4 Å². The molecule has 2 saturated carbocycles. The third-order valence-electron chi connectivity index (χ3n) is 7.28. The fourth-order valence-corrected chi connectivity index (χ4v) is 5.61. The Hall–Kier alpha value is -1.09. The van der Waals surface area contributed by atoms with E-state index in [1.165, 1.54) is 0 Å². The standard InChI is InChI=1S/C23H34F6O3/c1-19(2,31)12-4-7-15(8-5-14-21(32,22(24,25)26)23(27,28)29)16-10-11-17-18(30)9-6-13-20(16,17)3/h5,14-17,31-32H,4,6-13H2,1-3H3/b14-5+/t15-,16-,17+,20-/m1/s1/i1D3,2D3. The third kappa shape index (κ3) is 5.69. The van der Waals surface area contributed by atoms with Crippen LogP contribution in [0.25, 0.3) is 0 Å². The van der Waals surface area contributed by atoms with Crippen LogP contribution in [-0.4, -0.2) is 39.6 Å². The number of carbonyl (C=O) groups excluding carboxylic acids is 1. The average molecular weight is 479 g/mol. The summed E-state index contributed by atoms with van der Waals surface area (Å²) in [6, 6.07) is 0. The lowest BCUT2D eigenvalue weighted by Gasteiger charge is -2.43. The first-order chi connectivity index (χ1) is 16.9. The highest BCUT2D eigenvalue weighted by Crippen LogP contribution is 2.58. The van der Waals surface area contributed by atoms with Gasteiger partial charge in [-0.05, 0) is 82.0 Å². The van der Waals surface area contributed by atoms with E-state index < -0.39 is 55.0 Å². The second-order valence-corrected chi connectivity index (χ2v) is 9.47. The summed E-state index contributed by atoms with van der Waals surface area (Å²) in [6.07, 6.45) is -10.6. The molecule has 0 unspecified atom stereocenters. The fourth-order valence-electron chi connectivity index (χ4n) is 5.61. The minimum atomic E-state index is -6.03. The van der Waals surface area contributed by atoms with E-state index >= 15 is 0 Å². The molecule has 2 aliphatic carbocycles. The summed E-state index contributed by atoms with van der Waals surface area (Å²) in [5, 5.41) is 20.0. The fraction of sp³-hybridized carbons (Fsp3) is 0.870. The van der Waals surface area contributed by atoms with Crippen LogP contribution in [0.4, 0.5) is 26.3 Å². The molecule has 0 aromatic carbocycles. The van der Waals surface area contributed by atoms with Gasteiger partial charge in [0.1, 0.15) is 5.78 Å². The molecule has 2 rings (SSSR count). The van der Waals surface area contributed by atoms with Gasteiger partial charge >= 0.3 is 12.4 Å². The summed E-state index contributed by atoms with van der Waals surface area (Å²) in [5.41, 5.74) is -8.71. The molecular weight excluding hydrogens is 438 g/mol. The largest absolute Gasteiger partial charge is 0.429 e. The number of aliphatic hydroxyl groups is 2. The minimum absolute atomic E-state index is 0.0174. The van der Waals surface area contributed by atoms with Gasteiger partial charge in [-0.15, -0.1) is 0 Å². The van der Waals surface area contributed by atoms with E-state index in [-0.39, 0.29) is 43.0 Å². The highest BCUT2D eigenvalue weighted by atomic mass is 19.4. The van der Waals surface area contributed by atoms with Crippen LogP contribution >= 0.6 is 0 Å². The van der Waals surface area contributed by atoms with Crippen molar-refractivity contribution in [1.82, 2.24) is 0 Å². The molecule has 2 N–H and O–H groups in total. The van der Waals surface area contributed by atoms with Crippen molar-refractivity contribution in [3.63, 3.8) is 0 Å². The van der Waals surface area contributed by atoms with Gasteiger partial charge in [-0.25, -0.2) is 0 Å². The predicted octanol–water partition coefficient (Wildman–Crippen LogP) is 6.13. The Balaban J connectivity index is 2.36. The zero-order valence-corrected chi connectivity index (χ0v) is 17.8. The Kier molecular flexibility index (Phi) is 5.58. The highest BCUT2D eigenvalue weighted by Gasteiger charge is 2.69. The van der Waals surface area contributed by atoms with Crippen molar-refractivity contribution in [2.45, 2.75) is 102 Å². The van der Waals surface area contributed by atoms with Crippen molar-refractivity contribution in [3.8, 4) is 0 Å². The van der Waals surface area contributed by atoms with Crippen LogP contribution in [0.2, 0.25) is 0 Å². The first-order valence-corrected chi connectivity index (χ1v) is 10.7. The van der Waals surface area contributed by atoms with Gasteiger partial charge < -0.3 is 10.2 Å². The molecule has 9 heteroatoms. The van der Waals surface area contributed by atoms with Crippen molar-refractivity contribution < 1.29 is 49.6 Å². The van der Waals surface area contributed by atoms with Gasteiger partial charge in [0.15, 0.2) is 0 Å². The SMILES string of the molecule is [2H]C([2H])([2H])C(O)(CCC[C@H](C/C=C/C(O)(C(F)(F)F)C(F)(F)F)[C@H]1CC[C@H]2C(=O)CCC[C@]12C)C([2H])([2H])[2H]. The summed E-state index contributed by atoms with van der Waals surface area (Å²) < 4.78 is 124. The quantitative estimate of drug-likeness (QED) is 0.326. The van der Waals surface area contributed by atoms with Crippen LogP contribution in [0.3, 0.4) is 0 Å². The van der Waals surface area contributed by atoms with Gasteiger partial charge in [-0.2, -0.15) is 26.3 Å². The Bertz CT molecular complexity index is 855. The van der Waals surface area contributed by atoms with Crippen molar-refractivity contribution >= 4 is 5.78 Å². The number of halogens is 6. The number of Topliss-reactive ketones (excluding diaryl/α,β-unsaturated/α-hetero) is 1. The van der Waals surface area contributed by atoms with E-state index in [0.717, 1.165) is 0 Å². The molecule has 0 aliphatic heterocycles. The molecule has 0 aromatic heterocycles. The minimum Gasteiger partial charge on any atom is -0.390 e. The van der Waals surface area contributed by atoms with Crippen molar-refractivity contribution in [2.75, 3.05) is 0 Å². The molecule has 186 valence electrons. The molecular formula is C23H34F6O3. The number of allylic oxidation sites excluding steroid dienone is 1. The topological polar surface area (TPSA) is 57.5 Å². The van der Waals surface area contributed by atoms with E-state index in [1.54, 1.807) is 0 Å². The molecule has 0 radical (unpaired) electrons. The van der Waals surface area contributed by atoms with Crippen LogP contribution in [-0.2, 0) is 4.79 Å². The molecule has 0 amide bonds. The van der Waals surface area contributed by atoms with Gasteiger partial charge in [0.25, 0.3) is 5.60 Å². The molecule has 4 atom stereocenters. The lowest BCUT2D eigenvalue weighted by atomic mass is 9.61. The maximum atomic E-state index is 13.1. The smallest absolute Gasteiger partial charge is 0.390 e. The Morgan fingerprint density at radius 3 is 2.34 bits per heavy atom. The van der Waals surface area contributed by atoms with Gasteiger partial charge in [-0.3, -0.25) is 4.79 Å². The first kappa shape index (κ1) is 19.2. The summed E-state index contributed by atoms with van der Waals surface area (Å²) >= 11 is 0. The van der Waals surface area contributed by atoms with Crippen molar-refractivity contribution in [1.29, 1.82) is 0 Å². The van der Waals surface area contributed by atoms with Gasteiger partial charge in [-0.1, -0.05) is 19.4 Å². The van der Waals surface area contributed by atoms with Crippen LogP contribution in [0.5, 0.6) is 0 Å². The van der Waals surface area contributed by atoms with Crippen LogP contribution < -0.4 is 0 Å². The van der Waals surface area contributed by atoms with Crippen molar-refractivity contribution in [2.24, 2.45) is 23.2 Å². The molecule has 3 nitrogen and oxygen atoms in total. The number of alkyl halides is 6. The molecule has 0 saturated heterocycles. The van der Waals surface area contributed by atoms with Gasteiger partial charge in [0, 0.05) is 20.6 Å². The number of hydrogen-bond acceptors (Lipinski definition) is 3. The number of ketones is 1. The van der Waals surface area contributed by atoms with Crippen LogP contribution in [0.1, 0.15) is 86.6 Å². The lowest BCUT2D eigenvalue weighted by molar-refractivity contribution is -0.347. The van der Waals surface area contributed by atoms with Crippen LogP contribution in [0, 0.1) is 23.2 Å². The third-order valence-corrected chi connectivity index (χ3v) is 7.28. The normalized spacial score (nSPS) is 32.5. The Morgan fingerprint density at radius 1 is 1.16 bits per heavy atom. The van der Waals surface area contributed by atoms with E-state index in [1.807, 2.05) is 6.92 Å². The maximum absolute atomic E-state index is 13.1. The number of fused-ring (bicyclic) bond motifs is 1. The molecule has 2 fully saturated rings. The maximum Gasteiger partial charge on any atom is 0.429 e. The number of carbonyl (C=O) groups is 1. The van der Waals surface area contributed by atoms with Gasteiger partial charge in [0.05, 0.1) is 5.60 Å². The predicted molar refractivity (Wildman–Crippen MR) is 108 cm³/mol. The number of hydrogen-bond donors (Lipinski definition) is 2. The van der Waals surface area contributed by atoms with Crippen molar-refractivity contribution in [3.05, 3.63) is 12.2 Å². The second-order valence-electron chi connectivity index (χ2n) is 9.47. The molecule has 0 aromatic rings. The first-order valence-electron chi connectivity index (χ1n) is 13.7. The zero-order valence-electron chi connectivity index (χ0n) is 23.8. The molecule has 0 bridgehead atoms. The van der Waals surface area contributed by atoms with E-state index in [0.29, 0.717) is 38.2 Å². The summed E-state index contributed by atoms with van der Waals surface area (Å²) in [7, 11) is 0. The lowest BCUT2D eigenvalue weighted by Crippen LogP contribution is -2.55. The Morgan fingerprint density at radius 2 is 1.78 bits per heavy atom. The average Bonchev–Trinajstić information content (AvgIpc) is 3.07. The summed E-state index contributed by atoms with van der Waals surface area (Å²) in [4.78, 5) is 12.5. The molecule has 32 heavy (non-hydrogen) atoms. The Labute approximate surface area is 193 Å². The summed E-state index contributed by atoms with van der Waals surface area (Å²) in [6.45, 7) is -4.69.